The molecule has 4 atom stereocenters. The minimum Gasteiger partial charge on any atom is -0.384 e. The van der Waals surface area contributed by atoms with Gasteiger partial charge in [-0.15, -0.1) is 24.0 Å². The zero-order valence-corrected chi connectivity index (χ0v) is 16.4. The third-order valence-electron chi connectivity index (χ3n) is 5.88. The summed E-state index contributed by atoms with van der Waals surface area (Å²) in [6, 6.07) is 0. The summed E-state index contributed by atoms with van der Waals surface area (Å²) in [7, 11) is 3.70. The highest BCUT2D eigenvalue weighted by molar-refractivity contribution is 14.0. The minimum absolute atomic E-state index is 0. The number of aliphatic imine (C=N–C) groups is 1. The summed E-state index contributed by atoms with van der Waals surface area (Å²) in [6.07, 6.45) is 8.56. The van der Waals surface area contributed by atoms with E-state index < -0.39 is 0 Å². The van der Waals surface area contributed by atoms with Gasteiger partial charge < -0.3 is 15.0 Å². The van der Waals surface area contributed by atoms with Gasteiger partial charge in [0.25, 0.3) is 0 Å². The second-order valence-corrected chi connectivity index (χ2v) is 7.25. The molecule has 3 fully saturated rings. The monoisotopic (exact) mass is 421 g/mol. The Kier molecular flexibility index (Phi) is 7.25. The summed E-state index contributed by atoms with van der Waals surface area (Å²) in [6.45, 7) is 4.16. The summed E-state index contributed by atoms with van der Waals surface area (Å²) in [5.41, 5.74) is 0. The fraction of sp³-hybridized carbons (Fsp3) is 0.941. The van der Waals surface area contributed by atoms with E-state index in [1.165, 1.54) is 38.5 Å². The van der Waals surface area contributed by atoms with Gasteiger partial charge in [0.15, 0.2) is 5.96 Å². The predicted molar refractivity (Wildman–Crippen MR) is 102 cm³/mol. The van der Waals surface area contributed by atoms with Crippen LogP contribution < -0.4 is 5.32 Å². The van der Waals surface area contributed by atoms with Crippen LogP contribution in [0, 0.1) is 23.7 Å². The maximum absolute atomic E-state index is 5.28. The van der Waals surface area contributed by atoms with Crippen molar-refractivity contribution in [1.82, 2.24) is 10.2 Å². The molecule has 5 heteroatoms. The molecule has 128 valence electrons. The zero-order valence-electron chi connectivity index (χ0n) is 14.1. The SMILES string of the molecule is CN=C(NCCC1CC2CCC1C2)N1CCC(COC)C1.I. The Balaban J connectivity index is 0.00000176. The lowest BCUT2D eigenvalue weighted by Crippen LogP contribution is -2.41. The highest BCUT2D eigenvalue weighted by Crippen LogP contribution is 2.49. The molecule has 0 amide bonds. The van der Waals surface area contributed by atoms with Crippen molar-refractivity contribution in [1.29, 1.82) is 0 Å². The normalized spacial score (nSPS) is 34.1. The number of methoxy groups -OCH3 is 1. The Morgan fingerprint density at radius 2 is 2.14 bits per heavy atom. The molecule has 2 saturated carbocycles. The molecule has 0 aromatic rings. The first-order valence-electron chi connectivity index (χ1n) is 8.74. The van der Waals surface area contributed by atoms with Crippen molar-refractivity contribution in [2.45, 2.75) is 38.5 Å². The lowest BCUT2D eigenvalue weighted by atomic mass is 9.86. The maximum atomic E-state index is 5.28. The van der Waals surface area contributed by atoms with E-state index in [0.717, 1.165) is 50.0 Å². The summed E-state index contributed by atoms with van der Waals surface area (Å²) >= 11 is 0. The van der Waals surface area contributed by atoms with Gasteiger partial charge in [-0.3, -0.25) is 4.99 Å². The van der Waals surface area contributed by atoms with Crippen molar-refractivity contribution >= 4 is 29.9 Å². The number of fused-ring (bicyclic) bond motifs is 2. The molecule has 1 saturated heterocycles. The molecule has 1 aliphatic heterocycles. The lowest BCUT2D eigenvalue weighted by Gasteiger charge is -2.25. The van der Waals surface area contributed by atoms with E-state index in [-0.39, 0.29) is 24.0 Å². The van der Waals surface area contributed by atoms with Crippen molar-refractivity contribution in [3.05, 3.63) is 0 Å². The summed E-state index contributed by atoms with van der Waals surface area (Å²) in [4.78, 5) is 6.86. The van der Waals surface area contributed by atoms with Crippen molar-refractivity contribution in [3.8, 4) is 0 Å². The van der Waals surface area contributed by atoms with Crippen LogP contribution in [0.2, 0.25) is 0 Å². The first-order chi connectivity index (χ1) is 10.3. The van der Waals surface area contributed by atoms with E-state index in [4.69, 9.17) is 4.74 Å². The average molecular weight is 421 g/mol. The first-order valence-corrected chi connectivity index (χ1v) is 8.74. The standard InChI is InChI=1S/C17H31N3O.HI/c1-18-17(20-8-6-14(11-20)12-21-2)19-7-5-16-10-13-3-4-15(16)9-13;/h13-16H,3-12H2,1-2H3,(H,18,19);1H. The van der Waals surface area contributed by atoms with Crippen LogP contribution in [-0.4, -0.2) is 51.3 Å². The molecule has 0 radical (unpaired) electrons. The van der Waals surface area contributed by atoms with Gasteiger partial charge in [0.1, 0.15) is 0 Å². The van der Waals surface area contributed by atoms with E-state index in [1.54, 1.807) is 7.11 Å². The fourth-order valence-electron chi connectivity index (χ4n) is 4.83. The van der Waals surface area contributed by atoms with Crippen LogP contribution in [0.15, 0.2) is 4.99 Å². The smallest absolute Gasteiger partial charge is 0.193 e. The third kappa shape index (κ3) is 4.28. The number of nitrogens with zero attached hydrogens (tertiary/aromatic N) is 2. The van der Waals surface area contributed by atoms with Gasteiger partial charge in [0, 0.05) is 39.7 Å². The van der Waals surface area contributed by atoms with Gasteiger partial charge in [-0.25, -0.2) is 0 Å². The minimum atomic E-state index is 0. The molecule has 2 bridgehead atoms. The summed E-state index contributed by atoms with van der Waals surface area (Å²) in [5.74, 6) is 4.84. The van der Waals surface area contributed by atoms with Gasteiger partial charge in [-0.05, 0) is 49.9 Å². The Morgan fingerprint density at radius 3 is 2.77 bits per heavy atom. The van der Waals surface area contributed by atoms with Crippen LogP contribution in [0.5, 0.6) is 0 Å². The van der Waals surface area contributed by atoms with Crippen molar-refractivity contribution in [2.75, 3.05) is 40.4 Å². The molecule has 4 unspecified atom stereocenters. The summed E-state index contributed by atoms with van der Waals surface area (Å²) < 4.78 is 5.28. The molecule has 0 aromatic carbocycles. The molecule has 1 heterocycles. The van der Waals surface area contributed by atoms with E-state index >= 15 is 0 Å². The fourth-order valence-corrected chi connectivity index (χ4v) is 4.83. The Bertz CT molecular complexity index is 377. The van der Waals surface area contributed by atoms with E-state index in [0.29, 0.717) is 5.92 Å². The van der Waals surface area contributed by atoms with Crippen LogP contribution in [0.1, 0.15) is 38.5 Å². The van der Waals surface area contributed by atoms with Crippen molar-refractivity contribution in [3.63, 3.8) is 0 Å². The highest BCUT2D eigenvalue weighted by Gasteiger charge is 2.38. The highest BCUT2D eigenvalue weighted by atomic mass is 127. The number of rotatable bonds is 5. The number of hydrogen-bond donors (Lipinski definition) is 1. The van der Waals surface area contributed by atoms with Gasteiger partial charge >= 0.3 is 0 Å². The van der Waals surface area contributed by atoms with Crippen LogP contribution in [0.25, 0.3) is 0 Å². The van der Waals surface area contributed by atoms with E-state index in [2.05, 4.69) is 15.2 Å². The predicted octanol–water partition coefficient (Wildman–Crippen LogP) is 2.97. The van der Waals surface area contributed by atoms with E-state index in [9.17, 15) is 0 Å². The van der Waals surface area contributed by atoms with Gasteiger partial charge in [-0.2, -0.15) is 0 Å². The molecule has 1 N–H and O–H groups in total. The number of likely N-dealkylation sites (tertiary alicyclic amines) is 1. The van der Waals surface area contributed by atoms with Crippen LogP contribution in [0.3, 0.4) is 0 Å². The molecular weight excluding hydrogens is 389 g/mol. The van der Waals surface area contributed by atoms with Gasteiger partial charge in [-0.1, -0.05) is 6.42 Å². The third-order valence-corrected chi connectivity index (χ3v) is 5.88. The second-order valence-electron chi connectivity index (χ2n) is 7.25. The Labute approximate surface area is 152 Å². The Hall–Kier alpha value is -0.0400. The zero-order chi connectivity index (χ0) is 14.7. The van der Waals surface area contributed by atoms with E-state index in [1.807, 2.05) is 7.05 Å². The number of ether oxygens (including phenoxy) is 1. The van der Waals surface area contributed by atoms with Crippen LogP contribution in [-0.2, 0) is 4.74 Å². The topological polar surface area (TPSA) is 36.9 Å². The number of hydrogen-bond acceptors (Lipinski definition) is 2. The number of nitrogens with one attached hydrogen (secondary N) is 1. The largest absolute Gasteiger partial charge is 0.384 e. The van der Waals surface area contributed by atoms with Crippen LogP contribution in [0.4, 0.5) is 0 Å². The lowest BCUT2D eigenvalue weighted by molar-refractivity contribution is 0.157. The van der Waals surface area contributed by atoms with Gasteiger partial charge in [0.05, 0.1) is 6.61 Å². The average Bonchev–Trinajstić information content (AvgIpc) is 3.20. The molecule has 4 nitrogen and oxygen atoms in total. The molecule has 0 aromatic heterocycles. The Morgan fingerprint density at radius 1 is 1.27 bits per heavy atom. The van der Waals surface area contributed by atoms with Crippen molar-refractivity contribution in [2.24, 2.45) is 28.7 Å². The molecule has 2 aliphatic carbocycles. The molecular formula is C17H32IN3O. The maximum Gasteiger partial charge on any atom is 0.193 e. The molecule has 3 rings (SSSR count). The second kappa shape index (κ2) is 8.71. The van der Waals surface area contributed by atoms with Crippen molar-refractivity contribution < 1.29 is 4.74 Å². The quantitative estimate of drug-likeness (QED) is 0.421. The first kappa shape index (κ1) is 18.3. The summed E-state index contributed by atoms with van der Waals surface area (Å²) in [5, 5.41) is 3.60. The van der Waals surface area contributed by atoms with Gasteiger partial charge in [0.2, 0.25) is 0 Å². The molecule has 22 heavy (non-hydrogen) atoms. The van der Waals surface area contributed by atoms with Crippen LogP contribution >= 0.6 is 24.0 Å². The molecule has 0 spiro atoms. The number of guanidine groups is 1. The number of halogens is 1. The molecule has 3 aliphatic rings.